The van der Waals surface area contributed by atoms with E-state index in [4.69, 9.17) is 9.15 Å². The van der Waals surface area contributed by atoms with Crippen LogP contribution in [-0.4, -0.2) is 34.8 Å². The number of nitrogens with zero attached hydrogens (tertiary/aromatic N) is 2. The fourth-order valence-electron chi connectivity index (χ4n) is 3.63. The zero-order valence-corrected chi connectivity index (χ0v) is 17.2. The number of furan rings is 1. The van der Waals surface area contributed by atoms with Crippen LogP contribution in [0.2, 0.25) is 0 Å². The SMILES string of the molecule is O=C(NCc1cccc(OCc2ccccn2)c1)C1CCN(C(=O)c2ccoc2)CC1. The van der Waals surface area contributed by atoms with E-state index in [1.54, 1.807) is 17.2 Å². The molecule has 0 unspecified atom stereocenters. The molecule has 0 spiro atoms. The molecular formula is C24H25N3O4. The third-order valence-corrected chi connectivity index (χ3v) is 5.40. The van der Waals surface area contributed by atoms with Crippen LogP contribution in [0.15, 0.2) is 71.7 Å². The van der Waals surface area contributed by atoms with Crippen molar-refractivity contribution in [2.45, 2.75) is 26.0 Å². The van der Waals surface area contributed by atoms with Crippen molar-refractivity contribution >= 4 is 11.8 Å². The van der Waals surface area contributed by atoms with Crippen LogP contribution in [0.5, 0.6) is 5.75 Å². The normalized spacial score (nSPS) is 14.3. The Hall–Kier alpha value is -3.61. The zero-order valence-electron chi connectivity index (χ0n) is 17.2. The van der Waals surface area contributed by atoms with Gasteiger partial charge in [-0.3, -0.25) is 14.6 Å². The molecule has 0 atom stereocenters. The van der Waals surface area contributed by atoms with E-state index in [0.29, 0.717) is 44.6 Å². The smallest absolute Gasteiger partial charge is 0.257 e. The summed E-state index contributed by atoms with van der Waals surface area (Å²) in [6.07, 6.45) is 6.00. The summed E-state index contributed by atoms with van der Waals surface area (Å²) in [4.78, 5) is 31.0. The zero-order chi connectivity index (χ0) is 21.5. The molecule has 1 aliphatic rings. The number of hydrogen-bond donors (Lipinski definition) is 1. The van der Waals surface area contributed by atoms with Crippen molar-refractivity contribution in [3.63, 3.8) is 0 Å². The molecule has 1 aromatic carbocycles. The van der Waals surface area contributed by atoms with Crippen molar-refractivity contribution in [3.05, 3.63) is 84.1 Å². The average Bonchev–Trinajstić information content (AvgIpc) is 3.37. The summed E-state index contributed by atoms with van der Waals surface area (Å²) in [6.45, 7) is 1.97. The largest absolute Gasteiger partial charge is 0.487 e. The monoisotopic (exact) mass is 419 g/mol. The summed E-state index contributed by atoms with van der Waals surface area (Å²) in [5.41, 5.74) is 2.38. The van der Waals surface area contributed by atoms with Gasteiger partial charge >= 0.3 is 0 Å². The van der Waals surface area contributed by atoms with Gasteiger partial charge in [-0.1, -0.05) is 18.2 Å². The van der Waals surface area contributed by atoms with Crippen LogP contribution in [0.1, 0.15) is 34.5 Å². The number of amides is 2. The predicted octanol–water partition coefficient (Wildman–Crippen LogP) is 3.42. The van der Waals surface area contributed by atoms with Gasteiger partial charge in [0.05, 0.1) is 17.5 Å². The van der Waals surface area contributed by atoms with Crippen molar-refractivity contribution < 1.29 is 18.7 Å². The lowest BCUT2D eigenvalue weighted by atomic mass is 9.95. The van der Waals surface area contributed by atoms with E-state index in [1.807, 2.05) is 42.5 Å². The van der Waals surface area contributed by atoms with Crippen molar-refractivity contribution in [3.8, 4) is 5.75 Å². The number of ether oxygens (including phenoxy) is 1. The van der Waals surface area contributed by atoms with Gasteiger partial charge in [-0.25, -0.2) is 0 Å². The highest BCUT2D eigenvalue weighted by Gasteiger charge is 2.28. The van der Waals surface area contributed by atoms with Crippen LogP contribution in [0, 0.1) is 5.92 Å². The Morgan fingerprint density at radius 2 is 2.00 bits per heavy atom. The Kier molecular flexibility index (Phi) is 6.62. The maximum absolute atomic E-state index is 12.6. The lowest BCUT2D eigenvalue weighted by Crippen LogP contribution is -2.42. The third-order valence-electron chi connectivity index (χ3n) is 5.40. The molecule has 1 fully saturated rings. The van der Waals surface area contributed by atoms with Crippen LogP contribution in [0.25, 0.3) is 0 Å². The number of likely N-dealkylation sites (tertiary alicyclic amines) is 1. The first-order valence-electron chi connectivity index (χ1n) is 10.4. The van der Waals surface area contributed by atoms with Crippen molar-refractivity contribution in [1.29, 1.82) is 0 Å². The van der Waals surface area contributed by atoms with E-state index in [-0.39, 0.29) is 17.7 Å². The van der Waals surface area contributed by atoms with E-state index in [9.17, 15) is 9.59 Å². The number of carbonyl (C=O) groups is 2. The summed E-state index contributed by atoms with van der Waals surface area (Å²) in [5, 5.41) is 3.02. The van der Waals surface area contributed by atoms with Crippen molar-refractivity contribution in [2.75, 3.05) is 13.1 Å². The highest BCUT2D eigenvalue weighted by molar-refractivity contribution is 5.94. The number of piperidine rings is 1. The van der Waals surface area contributed by atoms with Crippen LogP contribution in [0.4, 0.5) is 0 Å². The number of benzene rings is 1. The quantitative estimate of drug-likeness (QED) is 0.634. The molecule has 3 aromatic rings. The molecule has 160 valence electrons. The summed E-state index contributed by atoms with van der Waals surface area (Å²) in [5.74, 6) is 0.630. The van der Waals surface area contributed by atoms with E-state index >= 15 is 0 Å². The minimum absolute atomic E-state index is 0.0233. The van der Waals surface area contributed by atoms with E-state index in [1.165, 1.54) is 12.5 Å². The second kappa shape index (κ2) is 9.93. The Morgan fingerprint density at radius 3 is 2.74 bits per heavy atom. The van der Waals surface area contributed by atoms with Crippen LogP contribution in [-0.2, 0) is 17.9 Å². The van der Waals surface area contributed by atoms with Crippen LogP contribution < -0.4 is 10.1 Å². The summed E-state index contributed by atoms with van der Waals surface area (Å²) in [6, 6.07) is 15.1. The summed E-state index contributed by atoms with van der Waals surface area (Å²) >= 11 is 0. The molecule has 0 aliphatic carbocycles. The molecule has 0 saturated carbocycles. The minimum atomic E-state index is -0.0861. The van der Waals surface area contributed by atoms with Gasteiger partial charge in [-0.05, 0) is 48.7 Å². The maximum atomic E-state index is 12.6. The van der Waals surface area contributed by atoms with Crippen molar-refractivity contribution in [2.24, 2.45) is 5.92 Å². The molecule has 3 heterocycles. The van der Waals surface area contributed by atoms with Gasteiger partial charge in [0.25, 0.3) is 5.91 Å². The topological polar surface area (TPSA) is 84.7 Å². The first kappa shape index (κ1) is 20.7. The molecule has 31 heavy (non-hydrogen) atoms. The van der Waals surface area contributed by atoms with Crippen molar-refractivity contribution in [1.82, 2.24) is 15.2 Å². The number of hydrogen-bond acceptors (Lipinski definition) is 5. The fourth-order valence-corrected chi connectivity index (χ4v) is 3.63. The molecule has 0 radical (unpaired) electrons. The Balaban J connectivity index is 1.23. The highest BCUT2D eigenvalue weighted by atomic mass is 16.5. The second-order valence-corrected chi connectivity index (χ2v) is 7.55. The molecule has 1 aliphatic heterocycles. The predicted molar refractivity (Wildman–Crippen MR) is 114 cm³/mol. The molecule has 1 saturated heterocycles. The van der Waals surface area contributed by atoms with Crippen LogP contribution in [0.3, 0.4) is 0 Å². The molecule has 7 nitrogen and oxygen atoms in total. The Bertz CT molecular complexity index is 997. The fraction of sp³-hybridized carbons (Fsp3) is 0.292. The number of rotatable bonds is 7. The van der Waals surface area contributed by atoms with Gasteiger partial charge in [0.2, 0.25) is 5.91 Å². The lowest BCUT2D eigenvalue weighted by molar-refractivity contribution is -0.126. The summed E-state index contributed by atoms with van der Waals surface area (Å²) < 4.78 is 10.8. The molecular weight excluding hydrogens is 394 g/mol. The number of aromatic nitrogens is 1. The molecule has 0 bridgehead atoms. The van der Waals surface area contributed by atoms with Gasteiger partial charge < -0.3 is 19.4 Å². The van der Waals surface area contributed by atoms with Crippen LogP contribution >= 0.6 is 0 Å². The first-order valence-corrected chi connectivity index (χ1v) is 10.4. The van der Waals surface area contributed by atoms with Gasteiger partial charge in [0, 0.05) is 31.7 Å². The van der Waals surface area contributed by atoms with Gasteiger partial charge in [0.15, 0.2) is 0 Å². The van der Waals surface area contributed by atoms with E-state index in [2.05, 4.69) is 10.3 Å². The number of pyridine rings is 1. The van der Waals surface area contributed by atoms with Gasteiger partial charge in [-0.15, -0.1) is 0 Å². The molecule has 7 heteroatoms. The first-order chi connectivity index (χ1) is 15.2. The van der Waals surface area contributed by atoms with Gasteiger partial charge in [0.1, 0.15) is 18.6 Å². The summed E-state index contributed by atoms with van der Waals surface area (Å²) in [7, 11) is 0. The minimum Gasteiger partial charge on any atom is -0.487 e. The Labute approximate surface area is 181 Å². The molecule has 2 aromatic heterocycles. The maximum Gasteiger partial charge on any atom is 0.257 e. The van der Waals surface area contributed by atoms with Gasteiger partial charge in [-0.2, -0.15) is 0 Å². The second-order valence-electron chi connectivity index (χ2n) is 7.55. The molecule has 2 amide bonds. The molecule has 4 rings (SSSR count). The average molecular weight is 419 g/mol. The number of carbonyl (C=O) groups excluding carboxylic acids is 2. The van der Waals surface area contributed by atoms with E-state index in [0.717, 1.165) is 17.0 Å². The lowest BCUT2D eigenvalue weighted by Gasteiger charge is -2.31. The standard InChI is InChI=1S/C24H25N3O4/c28-23(19-7-11-27(12-8-19)24(29)20-9-13-30-16-20)26-15-18-4-3-6-22(14-18)31-17-21-5-1-2-10-25-21/h1-6,9-10,13-14,16,19H,7-8,11-12,15,17H2,(H,26,28). The van der Waals surface area contributed by atoms with E-state index < -0.39 is 0 Å². The Morgan fingerprint density at radius 1 is 1.13 bits per heavy atom. The molecule has 1 N–H and O–H groups in total. The highest BCUT2D eigenvalue weighted by Crippen LogP contribution is 2.20. The third kappa shape index (κ3) is 5.51. The number of nitrogens with one attached hydrogen (secondary N) is 1.